The molecule has 0 heterocycles. The predicted molar refractivity (Wildman–Crippen MR) is 76.4 cm³/mol. The molecule has 0 atom stereocenters. The maximum atomic E-state index is 11.9. The van der Waals surface area contributed by atoms with Gasteiger partial charge in [0.1, 0.15) is 12.2 Å². The summed E-state index contributed by atoms with van der Waals surface area (Å²) in [7, 11) is 0. The Morgan fingerprint density at radius 3 is 2.45 bits per heavy atom. The normalized spacial score (nSPS) is 10.1. The second-order valence-electron chi connectivity index (χ2n) is 3.98. The lowest BCUT2D eigenvalue weighted by molar-refractivity contribution is -0.385. The van der Waals surface area contributed by atoms with Crippen molar-refractivity contribution in [2.24, 2.45) is 0 Å². The van der Waals surface area contributed by atoms with Crippen molar-refractivity contribution in [1.82, 2.24) is 0 Å². The number of benzene rings is 2. The molecule has 6 heteroatoms. The second kappa shape index (κ2) is 6.29. The van der Waals surface area contributed by atoms with Crippen molar-refractivity contribution < 1.29 is 14.5 Å². The van der Waals surface area contributed by atoms with Crippen LogP contribution in [0.15, 0.2) is 53.0 Å². The van der Waals surface area contributed by atoms with Gasteiger partial charge in [-0.3, -0.25) is 10.1 Å². The number of ether oxygens (including phenoxy) is 1. The van der Waals surface area contributed by atoms with Crippen molar-refractivity contribution in [2.45, 2.75) is 6.61 Å². The fraction of sp³-hybridized carbons (Fsp3) is 0.0714. The third-order valence-corrected chi connectivity index (χ3v) is 3.13. The maximum absolute atomic E-state index is 11.9. The summed E-state index contributed by atoms with van der Waals surface area (Å²) in [6.45, 7) is 0.0676. The molecule has 2 rings (SSSR count). The van der Waals surface area contributed by atoms with Crippen molar-refractivity contribution in [3.8, 4) is 0 Å². The SMILES string of the molecule is O=C(OCc1ccc(Br)cc1)c1ccccc1[N+](=O)[O-]. The molecule has 0 bridgehead atoms. The van der Waals surface area contributed by atoms with Gasteiger partial charge in [0.2, 0.25) is 0 Å². The van der Waals surface area contributed by atoms with Crippen molar-refractivity contribution in [1.29, 1.82) is 0 Å². The lowest BCUT2D eigenvalue weighted by Crippen LogP contribution is -2.08. The molecule has 2 aromatic carbocycles. The van der Waals surface area contributed by atoms with Gasteiger partial charge in [0.05, 0.1) is 4.92 Å². The molecule has 2 aromatic rings. The Balaban J connectivity index is 2.09. The summed E-state index contributed by atoms with van der Waals surface area (Å²) in [5.41, 5.74) is 0.503. The number of nitrogens with zero attached hydrogens (tertiary/aromatic N) is 1. The standard InChI is InChI=1S/C14H10BrNO4/c15-11-7-5-10(6-8-11)9-20-14(17)12-3-1-2-4-13(12)16(18)19/h1-8H,9H2. The molecule has 0 N–H and O–H groups in total. The van der Waals surface area contributed by atoms with E-state index >= 15 is 0 Å². The number of hydrogen-bond donors (Lipinski definition) is 0. The first kappa shape index (κ1) is 14.2. The second-order valence-corrected chi connectivity index (χ2v) is 4.89. The van der Waals surface area contributed by atoms with Gasteiger partial charge >= 0.3 is 5.97 Å². The minimum atomic E-state index is -0.708. The van der Waals surface area contributed by atoms with E-state index in [2.05, 4.69) is 15.9 Å². The van der Waals surface area contributed by atoms with E-state index in [1.54, 1.807) is 18.2 Å². The van der Waals surface area contributed by atoms with Crippen LogP contribution in [0.3, 0.4) is 0 Å². The zero-order chi connectivity index (χ0) is 14.5. The molecule has 0 aliphatic carbocycles. The van der Waals surface area contributed by atoms with Gasteiger partial charge in [-0.15, -0.1) is 0 Å². The highest BCUT2D eigenvalue weighted by atomic mass is 79.9. The fourth-order valence-electron chi connectivity index (χ4n) is 1.61. The van der Waals surface area contributed by atoms with Crippen LogP contribution in [0.25, 0.3) is 0 Å². The lowest BCUT2D eigenvalue weighted by atomic mass is 10.2. The van der Waals surface area contributed by atoms with E-state index in [1.807, 2.05) is 12.1 Å². The van der Waals surface area contributed by atoms with Gasteiger partial charge in [-0.25, -0.2) is 4.79 Å². The molecular weight excluding hydrogens is 326 g/mol. The van der Waals surface area contributed by atoms with Gasteiger partial charge in [0, 0.05) is 10.5 Å². The molecule has 0 fully saturated rings. The number of halogens is 1. The Hall–Kier alpha value is -2.21. The van der Waals surface area contributed by atoms with Gasteiger partial charge in [0.25, 0.3) is 5.69 Å². The Morgan fingerprint density at radius 2 is 1.80 bits per heavy atom. The number of esters is 1. The van der Waals surface area contributed by atoms with E-state index in [-0.39, 0.29) is 17.9 Å². The highest BCUT2D eigenvalue weighted by molar-refractivity contribution is 9.10. The molecule has 0 amide bonds. The summed E-state index contributed by atoms with van der Waals surface area (Å²) >= 11 is 3.30. The van der Waals surface area contributed by atoms with Crippen LogP contribution in [0.2, 0.25) is 0 Å². The summed E-state index contributed by atoms with van der Waals surface area (Å²) in [4.78, 5) is 22.1. The molecule has 102 valence electrons. The molecule has 0 saturated carbocycles. The molecule has 0 spiro atoms. The quantitative estimate of drug-likeness (QED) is 0.485. The van der Waals surface area contributed by atoms with Crippen LogP contribution in [0.5, 0.6) is 0 Å². The number of nitro benzene ring substituents is 1. The number of carbonyl (C=O) groups is 1. The highest BCUT2D eigenvalue weighted by Crippen LogP contribution is 2.19. The Kier molecular flexibility index (Phi) is 4.47. The molecule has 5 nitrogen and oxygen atoms in total. The van der Waals surface area contributed by atoms with Crippen LogP contribution in [0.4, 0.5) is 5.69 Å². The average molecular weight is 336 g/mol. The number of carbonyl (C=O) groups excluding carboxylic acids is 1. The first-order valence-corrected chi connectivity index (χ1v) is 6.52. The average Bonchev–Trinajstić information content (AvgIpc) is 2.46. The minimum absolute atomic E-state index is 0.0467. The van der Waals surface area contributed by atoms with Crippen molar-refractivity contribution in [3.05, 3.63) is 74.2 Å². The topological polar surface area (TPSA) is 69.4 Å². The van der Waals surface area contributed by atoms with Crippen LogP contribution in [0.1, 0.15) is 15.9 Å². The predicted octanol–water partition coefficient (Wildman–Crippen LogP) is 3.71. The minimum Gasteiger partial charge on any atom is -0.457 e. The van der Waals surface area contributed by atoms with Gasteiger partial charge in [0.15, 0.2) is 0 Å². The highest BCUT2D eigenvalue weighted by Gasteiger charge is 2.20. The third kappa shape index (κ3) is 3.42. The molecule has 0 aliphatic rings. The van der Waals surface area contributed by atoms with E-state index in [0.29, 0.717) is 0 Å². The molecular formula is C14H10BrNO4. The van der Waals surface area contributed by atoms with E-state index in [9.17, 15) is 14.9 Å². The van der Waals surface area contributed by atoms with Crippen LogP contribution in [0, 0.1) is 10.1 Å². The fourth-order valence-corrected chi connectivity index (χ4v) is 1.88. The zero-order valence-corrected chi connectivity index (χ0v) is 11.9. The summed E-state index contributed by atoms with van der Waals surface area (Å²) in [6, 6.07) is 13.0. The molecule has 0 radical (unpaired) electrons. The van der Waals surface area contributed by atoms with E-state index < -0.39 is 10.9 Å². The number of hydrogen-bond acceptors (Lipinski definition) is 4. The molecule has 0 aliphatic heterocycles. The van der Waals surface area contributed by atoms with Gasteiger partial charge < -0.3 is 4.74 Å². The zero-order valence-electron chi connectivity index (χ0n) is 10.3. The summed E-state index contributed by atoms with van der Waals surface area (Å²) in [6.07, 6.45) is 0. The maximum Gasteiger partial charge on any atom is 0.345 e. The van der Waals surface area contributed by atoms with Crippen molar-refractivity contribution in [3.63, 3.8) is 0 Å². The summed E-state index contributed by atoms with van der Waals surface area (Å²) < 4.78 is 6.01. The number of rotatable bonds is 4. The molecule has 0 unspecified atom stereocenters. The molecule has 20 heavy (non-hydrogen) atoms. The van der Waals surface area contributed by atoms with Crippen molar-refractivity contribution in [2.75, 3.05) is 0 Å². The van der Waals surface area contributed by atoms with Crippen LogP contribution in [-0.4, -0.2) is 10.9 Å². The summed E-state index contributed by atoms with van der Waals surface area (Å²) in [5.74, 6) is -0.708. The van der Waals surface area contributed by atoms with E-state index in [1.165, 1.54) is 18.2 Å². The van der Waals surface area contributed by atoms with Gasteiger partial charge in [-0.1, -0.05) is 40.2 Å². The van der Waals surface area contributed by atoms with Crippen LogP contribution >= 0.6 is 15.9 Å². The van der Waals surface area contributed by atoms with E-state index in [0.717, 1.165) is 10.0 Å². The van der Waals surface area contributed by atoms with Crippen LogP contribution < -0.4 is 0 Å². The summed E-state index contributed by atoms with van der Waals surface area (Å²) in [5, 5.41) is 10.8. The first-order chi connectivity index (χ1) is 9.58. The number of nitro groups is 1. The van der Waals surface area contributed by atoms with E-state index in [4.69, 9.17) is 4.74 Å². The molecule has 0 aromatic heterocycles. The Labute approximate surface area is 123 Å². The van der Waals surface area contributed by atoms with Gasteiger partial charge in [-0.05, 0) is 23.8 Å². The Morgan fingerprint density at radius 1 is 1.15 bits per heavy atom. The lowest BCUT2D eigenvalue weighted by Gasteiger charge is -2.05. The third-order valence-electron chi connectivity index (χ3n) is 2.60. The smallest absolute Gasteiger partial charge is 0.345 e. The van der Waals surface area contributed by atoms with Crippen LogP contribution in [-0.2, 0) is 11.3 Å². The molecule has 0 saturated heterocycles. The van der Waals surface area contributed by atoms with Crippen molar-refractivity contribution >= 4 is 27.6 Å². The monoisotopic (exact) mass is 335 g/mol. The van der Waals surface area contributed by atoms with Gasteiger partial charge in [-0.2, -0.15) is 0 Å². The first-order valence-electron chi connectivity index (χ1n) is 5.73. The number of para-hydroxylation sites is 1. The largest absolute Gasteiger partial charge is 0.457 e. The Bertz CT molecular complexity index is 640.